The molecule has 1 N–H and O–H groups in total. The summed E-state index contributed by atoms with van der Waals surface area (Å²) in [6, 6.07) is 13.5. The van der Waals surface area contributed by atoms with Gasteiger partial charge < -0.3 is 14.6 Å². The van der Waals surface area contributed by atoms with Crippen LogP contribution in [0.3, 0.4) is 0 Å². The molecule has 0 bridgehead atoms. The van der Waals surface area contributed by atoms with Gasteiger partial charge in [-0.1, -0.05) is 32.0 Å². The van der Waals surface area contributed by atoms with Gasteiger partial charge in [-0.3, -0.25) is 9.78 Å². The zero-order valence-corrected chi connectivity index (χ0v) is 15.6. The monoisotopic (exact) mass is 364 g/mol. The maximum atomic E-state index is 12.0. The number of benzene rings is 1. The van der Waals surface area contributed by atoms with E-state index in [0.29, 0.717) is 24.8 Å². The second-order valence-electron chi connectivity index (χ2n) is 6.52. The predicted octanol–water partition coefficient (Wildman–Crippen LogP) is 3.26. The fourth-order valence-corrected chi connectivity index (χ4v) is 2.68. The van der Waals surface area contributed by atoms with Gasteiger partial charge in [0.15, 0.2) is 12.4 Å². The molecule has 0 radical (unpaired) electrons. The van der Waals surface area contributed by atoms with Crippen LogP contribution < -0.4 is 10.1 Å². The summed E-state index contributed by atoms with van der Waals surface area (Å²) in [5, 5.41) is 2.87. The minimum atomic E-state index is -0.151. The van der Waals surface area contributed by atoms with E-state index >= 15 is 0 Å². The Hall–Kier alpha value is -3.15. The Kier molecular flexibility index (Phi) is 6.20. The van der Waals surface area contributed by atoms with Crippen molar-refractivity contribution in [2.45, 2.75) is 26.3 Å². The molecule has 3 rings (SSSR count). The highest BCUT2D eigenvalue weighted by Crippen LogP contribution is 2.18. The Labute approximate surface area is 159 Å². The van der Waals surface area contributed by atoms with Crippen molar-refractivity contribution in [2.24, 2.45) is 0 Å². The number of imidazole rings is 1. The van der Waals surface area contributed by atoms with Gasteiger partial charge in [-0.05, 0) is 35.7 Å². The van der Waals surface area contributed by atoms with Crippen molar-refractivity contribution in [2.75, 3.05) is 13.2 Å². The summed E-state index contributed by atoms with van der Waals surface area (Å²) in [7, 11) is 0. The van der Waals surface area contributed by atoms with E-state index in [0.717, 1.165) is 11.5 Å². The molecule has 0 fully saturated rings. The highest BCUT2D eigenvalue weighted by atomic mass is 16.5. The molecule has 27 heavy (non-hydrogen) atoms. The second-order valence-corrected chi connectivity index (χ2v) is 6.52. The number of ether oxygens (including phenoxy) is 1. The molecule has 0 atom stereocenters. The van der Waals surface area contributed by atoms with Gasteiger partial charge in [0.2, 0.25) is 0 Å². The lowest BCUT2D eigenvalue weighted by Crippen LogP contribution is -2.31. The van der Waals surface area contributed by atoms with Gasteiger partial charge in [0, 0.05) is 31.7 Å². The molecule has 0 aliphatic heterocycles. The smallest absolute Gasteiger partial charge is 0.258 e. The summed E-state index contributed by atoms with van der Waals surface area (Å²) in [6.45, 7) is 5.38. The molecule has 3 aromatic rings. The Bertz CT molecular complexity index is 857. The van der Waals surface area contributed by atoms with Crippen molar-refractivity contribution in [3.05, 3.63) is 66.6 Å². The van der Waals surface area contributed by atoms with Gasteiger partial charge in [-0.2, -0.15) is 0 Å². The number of hydrogen-bond acceptors (Lipinski definition) is 4. The Balaban J connectivity index is 1.45. The molecule has 1 amide bonds. The molecule has 1 aromatic carbocycles. The largest absolute Gasteiger partial charge is 0.484 e. The lowest BCUT2D eigenvalue weighted by atomic mass is 10.0. The molecular weight excluding hydrogens is 340 g/mol. The van der Waals surface area contributed by atoms with Crippen molar-refractivity contribution in [3.8, 4) is 17.3 Å². The first kappa shape index (κ1) is 18.6. The number of carbonyl (C=O) groups excluding carboxylic acids is 1. The van der Waals surface area contributed by atoms with E-state index in [2.05, 4.69) is 29.1 Å². The number of amides is 1. The maximum absolute atomic E-state index is 12.0. The highest BCUT2D eigenvalue weighted by molar-refractivity contribution is 5.77. The molecule has 6 heteroatoms. The average Bonchev–Trinajstić information content (AvgIpc) is 3.16. The zero-order chi connectivity index (χ0) is 19.1. The fourth-order valence-electron chi connectivity index (χ4n) is 2.68. The van der Waals surface area contributed by atoms with Crippen LogP contribution in [0.5, 0.6) is 5.75 Å². The van der Waals surface area contributed by atoms with Crippen LogP contribution in [-0.4, -0.2) is 33.6 Å². The van der Waals surface area contributed by atoms with Crippen LogP contribution >= 0.6 is 0 Å². The number of aromatic nitrogens is 3. The Morgan fingerprint density at radius 2 is 1.93 bits per heavy atom. The summed E-state index contributed by atoms with van der Waals surface area (Å²) in [5.41, 5.74) is 2.05. The van der Waals surface area contributed by atoms with Gasteiger partial charge in [0.25, 0.3) is 5.91 Å². The SMILES string of the molecule is CC(C)c1ccc(OCC(=O)NCCn2ccnc2-c2ccccn2)cc1. The molecule has 6 nitrogen and oxygen atoms in total. The molecule has 140 valence electrons. The molecule has 0 aliphatic carbocycles. The third kappa shape index (κ3) is 5.17. The number of pyridine rings is 1. The highest BCUT2D eigenvalue weighted by Gasteiger charge is 2.08. The average molecular weight is 364 g/mol. The first-order valence-corrected chi connectivity index (χ1v) is 9.05. The topological polar surface area (TPSA) is 69.0 Å². The van der Waals surface area contributed by atoms with Crippen molar-refractivity contribution >= 4 is 5.91 Å². The standard InChI is InChI=1S/C21H24N4O2/c1-16(2)17-6-8-18(9-7-17)27-15-20(26)23-11-13-25-14-12-24-21(25)19-5-3-4-10-22-19/h3-10,12,14,16H,11,13,15H2,1-2H3,(H,23,26). The third-order valence-corrected chi connectivity index (χ3v) is 4.20. The maximum Gasteiger partial charge on any atom is 0.258 e. The van der Waals surface area contributed by atoms with Gasteiger partial charge in [-0.15, -0.1) is 0 Å². The van der Waals surface area contributed by atoms with Crippen LogP contribution in [0.1, 0.15) is 25.3 Å². The van der Waals surface area contributed by atoms with Gasteiger partial charge in [0.05, 0.1) is 0 Å². The lowest BCUT2D eigenvalue weighted by Gasteiger charge is -2.10. The van der Waals surface area contributed by atoms with E-state index < -0.39 is 0 Å². The molecule has 0 unspecified atom stereocenters. The second kappa shape index (κ2) is 8.98. The number of hydrogen-bond donors (Lipinski definition) is 1. The van der Waals surface area contributed by atoms with Gasteiger partial charge in [-0.25, -0.2) is 4.98 Å². The summed E-state index contributed by atoms with van der Waals surface area (Å²) in [6.07, 6.45) is 5.35. The van der Waals surface area contributed by atoms with E-state index in [1.54, 1.807) is 12.4 Å². The van der Waals surface area contributed by atoms with E-state index in [1.807, 2.05) is 53.2 Å². The number of rotatable bonds is 8. The predicted molar refractivity (Wildman–Crippen MR) is 104 cm³/mol. The van der Waals surface area contributed by atoms with Crippen LogP contribution in [0, 0.1) is 0 Å². The first-order chi connectivity index (χ1) is 13.1. The van der Waals surface area contributed by atoms with E-state index in [9.17, 15) is 4.79 Å². The van der Waals surface area contributed by atoms with Crippen molar-refractivity contribution in [1.82, 2.24) is 19.9 Å². The van der Waals surface area contributed by atoms with E-state index in [1.165, 1.54) is 5.56 Å². The fraction of sp³-hybridized carbons (Fsp3) is 0.286. The molecular formula is C21H24N4O2. The van der Waals surface area contributed by atoms with E-state index in [-0.39, 0.29) is 12.5 Å². The molecule has 0 saturated carbocycles. The normalized spacial score (nSPS) is 10.8. The number of nitrogens with zero attached hydrogens (tertiary/aromatic N) is 3. The first-order valence-electron chi connectivity index (χ1n) is 9.05. The van der Waals surface area contributed by atoms with Crippen LogP contribution in [0.15, 0.2) is 61.1 Å². The van der Waals surface area contributed by atoms with Gasteiger partial charge in [0.1, 0.15) is 11.4 Å². The van der Waals surface area contributed by atoms with Crippen LogP contribution in [-0.2, 0) is 11.3 Å². The van der Waals surface area contributed by atoms with Crippen molar-refractivity contribution < 1.29 is 9.53 Å². The number of nitrogens with one attached hydrogen (secondary N) is 1. The molecule has 0 saturated heterocycles. The Morgan fingerprint density at radius 1 is 1.11 bits per heavy atom. The van der Waals surface area contributed by atoms with Crippen LogP contribution in [0.4, 0.5) is 0 Å². The van der Waals surface area contributed by atoms with Crippen molar-refractivity contribution in [1.29, 1.82) is 0 Å². The van der Waals surface area contributed by atoms with Gasteiger partial charge >= 0.3 is 0 Å². The Morgan fingerprint density at radius 3 is 2.63 bits per heavy atom. The summed E-state index contributed by atoms with van der Waals surface area (Å²) < 4.78 is 7.51. The molecule has 0 aliphatic rings. The molecule has 2 heterocycles. The van der Waals surface area contributed by atoms with Crippen LogP contribution in [0.2, 0.25) is 0 Å². The van der Waals surface area contributed by atoms with Crippen LogP contribution in [0.25, 0.3) is 11.5 Å². The van der Waals surface area contributed by atoms with Crippen molar-refractivity contribution in [3.63, 3.8) is 0 Å². The molecule has 0 spiro atoms. The van der Waals surface area contributed by atoms with E-state index in [4.69, 9.17) is 4.74 Å². The minimum absolute atomic E-state index is 0.00193. The lowest BCUT2D eigenvalue weighted by molar-refractivity contribution is -0.123. The number of carbonyl (C=O) groups is 1. The quantitative estimate of drug-likeness (QED) is 0.666. The summed E-state index contributed by atoms with van der Waals surface area (Å²) >= 11 is 0. The third-order valence-electron chi connectivity index (χ3n) is 4.20. The summed E-state index contributed by atoms with van der Waals surface area (Å²) in [5.74, 6) is 1.80. The zero-order valence-electron chi connectivity index (χ0n) is 15.6. The minimum Gasteiger partial charge on any atom is -0.484 e. The summed E-state index contributed by atoms with van der Waals surface area (Å²) in [4.78, 5) is 20.7. The molecule has 2 aromatic heterocycles.